The molecule has 0 aromatic heterocycles. The number of aliphatic carboxylic acids is 1. The highest BCUT2D eigenvalue weighted by molar-refractivity contribution is 5.69. The number of hydrogen-bond donors (Lipinski definition) is 1. The molecule has 0 saturated heterocycles. The molecule has 2 heteroatoms. The molecule has 0 saturated carbocycles. The first-order valence-corrected chi connectivity index (χ1v) is 5.90. The van der Waals surface area contributed by atoms with E-state index in [9.17, 15) is 4.79 Å². The Morgan fingerprint density at radius 1 is 1.31 bits per heavy atom. The lowest BCUT2D eigenvalue weighted by molar-refractivity contribution is -0.142. The molecule has 0 heterocycles. The maximum absolute atomic E-state index is 10.9. The number of carboxylic acids is 1. The minimum atomic E-state index is -0.664. The molecule has 0 spiro atoms. The quantitative estimate of drug-likeness (QED) is 0.798. The molecular weight excluding hydrogens is 200 g/mol. The molecule has 2 unspecified atom stereocenters. The summed E-state index contributed by atoms with van der Waals surface area (Å²) in [6.07, 6.45) is 2.44. The normalized spacial score (nSPS) is 14.4. The average molecular weight is 220 g/mol. The van der Waals surface area contributed by atoms with E-state index in [2.05, 4.69) is 19.1 Å². The molecule has 1 aromatic carbocycles. The fraction of sp³-hybridized carbons (Fsp3) is 0.500. The Labute approximate surface area is 97.3 Å². The van der Waals surface area contributed by atoms with Gasteiger partial charge in [0.05, 0.1) is 5.92 Å². The van der Waals surface area contributed by atoms with Crippen LogP contribution in [0.1, 0.15) is 32.3 Å². The van der Waals surface area contributed by atoms with Gasteiger partial charge in [0, 0.05) is 0 Å². The van der Waals surface area contributed by atoms with Crippen LogP contribution in [0.4, 0.5) is 0 Å². The van der Waals surface area contributed by atoms with E-state index in [4.69, 9.17) is 5.11 Å². The first-order chi connectivity index (χ1) is 7.63. The van der Waals surface area contributed by atoms with Gasteiger partial charge in [0.1, 0.15) is 0 Å². The van der Waals surface area contributed by atoms with Gasteiger partial charge in [0.25, 0.3) is 0 Å². The minimum absolute atomic E-state index is 0.196. The Kier molecular flexibility index (Phi) is 5.03. The topological polar surface area (TPSA) is 37.3 Å². The highest BCUT2D eigenvalue weighted by Gasteiger charge is 2.18. The Balaban J connectivity index is 2.47. The molecule has 1 aromatic rings. The zero-order valence-corrected chi connectivity index (χ0v) is 10.0. The Hall–Kier alpha value is -1.31. The van der Waals surface area contributed by atoms with E-state index >= 15 is 0 Å². The maximum atomic E-state index is 10.9. The third-order valence-corrected chi connectivity index (χ3v) is 2.96. The van der Waals surface area contributed by atoms with Crippen LogP contribution in [0, 0.1) is 11.8 Å². The molecule has 0 bridgehead atoms. The largest absolute Gasteiger partial charge is 0.481 e. The monoisotopic (exact) mass is 220 g/mol. The number of hydrogen-bond acceptors (Lipinski definition) is 1. The van der Waals surface area contributed by atoms with E-state index in [0.29, 0.717) is 12.3 Å². The summed E-state index contributed by atoms with van der Waals surface area (Å²) in [5.41, 5.74) is 1.29. The summed E-state index contributed by atoms with van der Waals surface area (Å²) in [6.45, 7) is 4.06. The second-order valence-electron chi connectivity index (χ2n) is 4.47. The summed E-state index contributed by atoms with van der Waals surface area (Å²) < 4.78 is 0. The van der Waals surface area contributed by atoms with E-state index < -0.39 is 5.97 Å². The predicted octanol–water partition coefficient (Wildman–Crippen LogP) is 3.37. The van der Waals surface area contributed by atoms with Crippen molar-refractivity contribution < 1.29 is 9.90 Å². The van der Waals surface area contributed by atoms with Gasteiger partial charge in [0.15, 0.2) is 0 Å². The zero-order valence-electron chi connectivity index (χ0n) is 10.0. The van der Waals surface area contributed by atoms with E-state index in [1.807, 2.05) is 25.1 Å². The van der Waals surface area contributed by atoms with Crippen molar-refractivity contribution in [1.29, 1.82) is 0 Å². The van der Waals surface area contributed by atoms with Crippen molar-refractivity contribution in [3.05, 3.63) is 35.9 Å². The van der Waals surface area contributed by atoms with Gasteiger partial charge in [-0.3, -0.25) is 4.79 Å². The zero-order chi connectivity index (χ0) is 12.0. The van der Waals surface area contributed by atoms with Gasteiger partial charge in [-0.1, -0.05) is 44.2 Å². The van der Waals surface area contributed by atoms with Crippen molar-refractivity contribution >= 4 is 5.97 Å². The summed E-state index contributed by atoms with van der Waals surface area (Å²) in [4.78, 5) is 10.9. The molecule has 1 rings (SSSR count). The molecule has 0 fully saturated rings. The third kappa shape index (κ3) is 4.05. The third-order valence-electron chi connectivity index (χ3n) is 2.96. The van der Waals surface area contributed by atoms with Crippen LogP contribution in [0.5, 0.6) is 0 Å². The molecule has 0 amide bonds. The van der Waals surface area contributed by atoms with Crippen molar-refractivity contribution in [2.24, 2.45) is 11.8 Å². The average Bonchev–Trinajstić information content (AvgIpc) is 2.27. The fourth-order valence-corrected chi connectivity index (χ4v) is 2.03. The molecule has 0 aliphatic rings. The molecule has 88 valence electrons. The van der Waals surface area contributed by atoms with Gasteiger partial charge in [0.2, 0.25) is 0 Å². The van der Waals surface area contributed by atoms with Crippen molar-refractivity contribution in [3.63, 3.8) is 0 Å². The van der Waals surface area contributed by atoms with Crippen molar-refractivity contribution in [2.45, 2.75) is 33.1 Å². The lowest BCUT2D eigenvalue weighted by Crippen LogP contribution is -2.16. The van der Waals surface area contributed by atoms with Crippen LogP contribution < -0.4 is 0 Å². The van der Waals surface area contributed by atoms with E-state index in [1.165, 1.54) is 5.56 Å². The van der Waals surface area contributed by atoms with Gasteiger partial charge < -0.3 is 5.11 Å². The summed E-state index contributed by atoms with van der Waals surface area (Å²) in [7, 11) is 0. The summed E-state index contributed by atoms with van der Waals surface area (Å²) in [5, 5.41) is 8.99. The summed E-state index contributed by atoms with van der Waals surface area (Å²) in [6, 6.07) is 10.2. The fourth-order valence-electron chi connectivity index (χ4n) is 2.03. The van der Waals surface area contributed by atoms with E-state index in [1.54, 1.807) is 0 Å². The maximum Gasteiger partial charge on any atom is 0.306 e. The van der Waals surface area contributed by atoms with Crippen LogP contribution in [-0.4, -0.2) is 11.1 Å². The second-order valence-corrected chi connectivity index (χ2v) is 4.47. The van der Waals surface area contributed by atoms with Gasteiger partial charge in [-0.15, -0.1) is 0 Å². The van der Waals surface area contributed by atoms with Crippen LogP contribution >= 0.6 is 0 Å². The highest BCUT2D eigenvalue weighted by atomic mass is 16.4. The Bertz CT molecular complexity index is 319. The molecule has 1 N–H and O–H groups in total. The smallest absolute Gasteiger partial charge is 0.306 e. The predicted molar refractivity (Wildman–Crippen MR) is 65.3 cm³/mol. The first kappa shape index (κ1) is 12.8. The molecule has 16 heavy (non-hydrogen) atoms. The van der Waals surface area contributed by atoms with Crippen molar-refractivity contribution in [2.75, 3.05) is 0 Å². The minimum Gasteiger partial charge on any atom is -0.481 e. The summed E-state index contributed by atoms with van der Waals surface area (Å²) >= 11 is 0. The molecule has 2 atom stereocenters. The van der Waals surface area contributed by atoms with Crippen LogP contribution in [0.3, 0.4) is 0 Å². The van der Waals surface area contributed by atoms with Crippen molar-refractivity contribution in [1.82, 2.24) is 0 Å². The van der Waals surface area contributed by atoms with Crippen LogP contribution in [0.2, 0.25) is 0 Å². The molecule has 0 aliphatic heterocycles. The lowest BCUT2D eigenvalue weighted by Gasteiger charge is -2.16. The van der Waals surface area contributed by atoms with Gasteiger partial charge in [-0.2, -0.15) is 0 Å². The van der Waals surface area contributed by atoms with Gasteiger partial charge in [-0.05, 0) is 30.7 Å². The molecule has 0 aliphatic carbocycles. The standard InChI is InChI=1S/C14H20O2/c1-3-13(14(15)16)10-11(2)9-12-7-5-4-6-8-12/h4-8,11,13H,3,9-10H2,1-2H3,(H,15,16). The van der Waals surface area contributed by atoms with Crippen LogP contribution in [0.15, 0.2) is 30.3 Å². The molecule has 0 radical (unpaired) electrons. The van der Waals surface area contributed by atoms with Gasteiger partial charge >= 0.3 is 5.97 Å². The van der Waals surface area contributed by atoms with Crippen LogP contribution in [0.25, 0.3) is 0 Å². The highest BCUT2D eigenvalue weighted by Crippen LogP contribution is 2.19. The van der Waals surface area contributed by atoms with E-state index in [0.717, 1.165) is 12.8 Å². The number of rotatable bonds is 6. The Morgan fingerprint density at radius 2 is 1.94 bits per heavy atom. The van der Waals surface area contributed by atoms with Crippen LogP contribution in [-0.2, 0) is 11.2 Å². The number of benzene rings is 1. The molecule has 2 nitrogen and oxygen atoms in total. The van der Waals surface area contributed by atoms with Crippen molar-refractivity contribution in [3.8, 4) is 0 Å². The summed E-state index contributed by atoms with van der Waals surface area (Å²) in [5.74, 6) is -0.440. The van der Waals surface area contributed by atoms with Gasteiger partial charge in [-0.25, -0.2) is 0 Å². The number of carbonyl (C=O) groups is 1. The Morgan fingerprint density at radius 3 is 2.44 bits per heavy atom. The molecular formula is C14H20O2. The number of carboxylic acid groups (broad SMARTS) is 1. The second kappa shape index (κ2) is 6.31. The van der Waals surface area contributed by atoms with E-state index in [-0.39, 0.29) is 5.92 Å². The first-order valence-electron chi connectivity index (χ1n) is 5.90. The lowest BCUT2D eigenvalue weighted by atomic mass is 9.89. The SMILES string of the molecule is CCC(CC(C)Cc1ccccc1)C(=O)O.